The summed E-state index contributed by atoms with van der Waals surface area (Å²) >= 11 is 0. The van der Waals surface area contributed by atoms with Gasteiger partial charge >= 0.3 is 0 Å². The highest BCUT2D eigenvalue weighted by molar-refractivity contribution is 5.94. The van der Waals surface area contributed by atoms with Gasteiger partial charge in [-0.25, -0.2) is 4.39 Å². The van der Waals surface area contributed by atoms with Crippen molar-refractivity contribution in [3.8, 4) is 11.1 Å². The second-order valence-electron chi connectivity index (χ2n) is 4.39. The first-order chi connectivity index (χ1) is 9.29. The normalized spacial score (nSPS) is 10.8. The lowest BCUT2D eigenvalue weighted by atomic mass is 9.99. The molecule has 19 heavy (non-hydrogen) atoms. The molecule has 3 aromatic rings. The van der Waals surface area contributed by atoms with E-state index in [0.717, 1.165) is 22.0 Å². The zero-order valence-electron chi connectivity index (χ0n) is 10.3. The van der Waals surface area contributed by atoms with E-state index in [9.17, 15) is 4.39 Å². The minimum absolute atomic E-state index is 0.197. The SMILES string of the molecule is NCc1cc(-c2cccc3ncccc23)ccc1F. The number of hydrogen-bond donors (Lipinski definition) is 1. The van der Waals surface area contributed by atoms with Gasteiger partial charge in [0.1, 0.15) is 5.82 Å². The number of aromatic nitrogens is 1. The van der Waals surface area contributed by atoms with Gasteiger partial charge in [-0.05, 0) is 35.4 Å². The van der Waals surface area contributed by atoms with Crippen molar-refractivity contribution in [1.82, 2.24) is 4.98 Å². The molecule has 0 fully saturated rings. The Hall–Kier alpha value is -2.26. The number of halogens is 1. The number of benzene rings is 2. The molecule has 2 aromatic carbocycles. The van der Waals surface area contributed by atoms with E-state index in [1.54, 1.807) is 18.3 Å². The van der Waals surface area contributed by atoms with E-state index < -0.39 is 0 Å². The molecule has 0 saturated carbocycles. The predicted molar refractivity (Wildman–Crippen MR) is 75.0 cm³/mol. The molecular weight excluding hydrogens is 239 g/mol. The van der Waals surface area contributed by atoms with Crippen LogP contribution in [0, 0.1) is 5.82 Å². The van der Waals surface area contributed by atoms with E-state index >= 15 is 0 Å². The van der Waals surface area contributed by atoms with Crippen LogP contribution in [-0.2, 0) is 6.54 Å². The molecule has 0 saturated heterocycles. The van der Waals surface area contributed by atoms with Crippen LogP contribution in [-0.4, -0.2) is 4.98 Å². The van der Waals surface area contributed by atoms with Gasteiger partial charge in [-0.15, -0.1) is 0 Å². The maximum Gasteiger partial charge on any atom is 0.127 e. The lowest BCUT2D eigenvalue weighted by Gasteiger charge is -2.08. The highest BCUT2D eigenvalue weighted by Gasteiger charge is 2.07. The summed E-state index contributed by atoms with van der Waals surface area (Å²) in [7, 11) is 0. The first kappa shape index (κ1) is 11.8. The molecule has 0 aliphatic heterocycles. The summed E-state index contributed by atoms with van der Waals surface area (Å²) in [5, 5.41) is 1.06. The van der Waals surface area contributed by atoms with Crippen LogP contribution >= 0.6 is 0 Å². The number of hydrogen-bond acceptors (Lipinski definition) is 2. The fraction of sp³-hybridized carbons (Fsp3) is 0.0625. The van der Waals surface area contributed by atoms with E-state index in [0.29, 0.717) is 5.56 Å². The van der Waals surface area contributed by atoms with Gasteiger partial charge in [0.05, 0.1) is 5.52 Å². The van der Waals surface area contributed by atoms with Crippen LogP contribution in [0.1, 0.15) is 5.56 Å². The van der Waals surface area contributed by atoms with Crippen molar-refractivity contribution in [2.24, 2.45) is 5.73 Å². The average Bonchev–Trinajstić information content (AvgIpc) is 2.47. The number of rotatable bonds is 2. The zero-order valence-corrected chi connectivity index (χ0v) is 10.3. The van der Waals surface area contributed by atoms with Gasteiger partial charge in [-0.2, -0.15) is 0 Å². The molecule has 0 amide bonds. The minimum atomic E-state index is -0.260. The van der Waals surface area contributed by atoms with E-state index in [2.05, 4.69) is 4.98 Å². The Labute approximate surface area is 110 Å². The molecule has 3 rings (SSSR count). The van der Waals surface area contributed by atoms with Crippen LogP contribution in [0.15, 0.2) is 54.7 Å². The van der Waals surface area contributed by atoms with Gasteiger partial charge in [0.25, 0.3) is 0 Å². The summed E-state index contributed by atoms with van der Waals surface area (Å²) in [6.45, 7) is 0.197. The lowest BCUT2D eigenvalue weighted by Crippen LogP contribution is -1.99. The van der Waals surface area contributed by atoms with Gasteiger partial charge in [0.2, 0.25) is 0 Å². The van der Waals surface area contributed by atoms with Crippen molar-refractivity contribution in [2.75, 3.05) is 0 Å². The minimum Gasteiger partial charge on any atom is -0.326 e. The second-order valence-corrected chi connectivity index (χ2v) is 4.39. The Kier molecular flexibility index (Phi) is 2.97. The molecule has 94 valence electrons. The van der Waals surface area contributed by atoms with Gasteiger partial charge < -0.3 is 5.73 Å². The van der Waals surface area contributed by atoms with E-state index in [-0.39, 0.29) is 12.4 Å². The summed E-state index contributed by atoms with van der Waals surface area (Å²) in [6.07, 6.45) is 1.77. The third-order valence-electron chi connectivity index (χ3n) is 3.22. The number of fused-ring (bicyclic) bond motifs is 1. The zero-order chi connectivity index (χ0) is 13.2. The molecule has 0 atom stereocenters. The summed E-state index contributed by atoms with van der Waals surface area (Å²) < 4.78 is 13.5. The Morgan fingerprint density at radius 3 is 2.79 bits per heavy atom. The van der Waals surface area contributed by atoms with Crippen molar-refractivity contribution < 1.29 is 4.39 Å². The Morgan fingerprint density at radius 2 is 1.95 bits per heavy atom. The maximum absolute atomic E-state index is 13.5. The largest absolute Gasteiger partial charge is 0.326 e. The molecular formula is C16H13FN2. The van der Waals surface area contributed by atoms with Crippen molar-refractivity contribution in [3.63, 3.8) is 0 Å². The molecule has 0 bridgehead atoms. The summed E-state index contributed by atoms with van der Waals surface area (Å²) in [6, 6.07) is 14.9. The smallest absolute Gasteiger partial charge is 0.127 e. The van der Waals surface area contributed by atoms with Crippen molar-refractivity contribution in [3.05, 3.63) is 66.1 Å². The topological polar surface area (TPSA) is 38.9 Å². The maximum atomic E-state index is 13.5. The highest BCUT2D eigenvalue weighted by Crippen LogP contribution is 2.28. The fourth-order valence-electron chi connectivity index (χ4n) is 2.25. The van der Waals surface area contributed by atoms with E-state index in [1.165, 1.54) is 6.07 Å². The molecule has 0 aliphatic rings. The van der Waals surface area contributed by atoms with Crippen LogP contribution in [0.3, 0.4) is 0 Å². The van der Waals surface area contributed by atoms with Crippen LogP contribution in [0.4, 0.5) is 4.39 Å². The molecule has 1 heterocycles. The summed E-state index contributed by atoms with van der Waals surface area (Å²) in [5.74, 6) is -0.260. The lowest BCUT2D eigenvalue weighted by molar-refractivity contribution is 0.611. The first-order valence-electron chi connectivity index (χ1n) is 6.12. The second kappa shape index (κ2) is 4.78. The molecule has 0 radical (unpaired) electrons. The third-order valence-corrected chi connectivity index (χ3v) is 3.22. The highest BCUT2D eigenvalue weighted by atomic mass is 19.1. The quantitative estimate of drug-likeness (QED) is 0.758. The summed E-state index contributed by atoms with van der Waals surface area (Å²) in [4.78, 5) is 4.33. The standard InChI is InChI=1S/C16H13FN2/c17-15-7-6-11(9-12(15)10-18)13-3-1-5-16-14(13)4-2-8-19-16/h1-9H,10,18H2. The molecule has 0 aliphatic carbocycles. The van der Waals surface area contributed by atoms with Gasteiger partial charge in [0.15, 0.2) is 0 Å². The van der Waals surface area contributed by atoms with Crippen LogP contribution in [0.2, 0.25) is 0 Å². The fourth-order valence-corrected chi connectivity index (χ4v) is 2.25. The molecule has 1 aromatic heterocycles. The molecule has 2 N–H and O–H groups in total. The van der Waals surface area contributed by atoms with E-state index in [4.69, 9.17) is 5.73 Å². The first-order valence-corrected chi connectivity index (χ1v) is 6.12. The predicted octanol–water partition coefficient (Wildman–Crippen LogP) is 3.50. The average molecular weight is 252 g/mol. The van der Waals surface area contributed by atoms with E-state index in [1.807, 2.05) is 30.3 Å². The van der Waals surface area contributed by atoms with Crippen LogP contribution in [0.25, 0.3) is 22.0 Å². The molecule has 2 nitrogen and oxygen atoms in total. The Balaban J connectivity index is 2.24. The van der Waals surface area contributed by atoms with Crippen molar-refractivity contribution >= 4 is 10.9 Å². The summed E-state index contributed by atoms with van der Waals surface area (Å²) in [5.41, 5.74) is 9.01. The van der Waals surface area contributed by atoms with Gasteiger partial charge in [0, 0.05) is 23.7 Å². The third kappa shape index (κ3) is 2.09. The number of nitrogens with zero attached hydrogens (tertiary/aromatic N) is 1. The monoisotopic (exact) mass is 252 g/mol. The van der Waals surface area contributed by atoms with Crippen molar-refractivity contribution in [1.29, 1.82) is 0 Å². The molecule has 0 unspecified atom stereocenters. The molecule has 0 spiro atoms. The van der Waals surface area contributed by atoms with Gasteiger partial charge in [-0.1, -0.05) is 24.3 Å². The Bertz CT molecular complexity index is 732. The number of nitrogens with two attached hydrogens (primary N) is 1. The van der Waals surface area contributed by atoms with Crippen LogP contribution in [0.5, 0.6) is 0 Å². The number of pyridine rings is 1. The Morgan fingerprint density at radius 1 is 1.05 bits per heavy atom. The molecule has 3 heteroatoms. The van der Waals surface area contributed by atoms with Crippen molar-refractivity contribution in [2.45, 2.75) is 6.54 Å². The van der Waals surface area contributed by atoms with Crippen LogP contribution < -0.4 is 5.73 Å². The van der Waals surface area contributed by atoms with Gasteiger partial charge in [-0.3, -0.25) is 4.98 Å².